The maximum atomic E-state index is 13.2. The summed E-state index contributed by atoms with van der Waals surface area (Å²) in [5.41, 5.74) is 5.74. The van der Waals surface area contributed by atoms with Gasteiger partial charge in [-0.15, -0.1) is 0 Å². The van der Waals surface area contributed by atoms with Crippen molar-refractivity contribution in [2.24, 2.45) is 0 Å². The number of amides is 1. The van der Waals surface area contributed by atoms with Gasteiger partial charge in [0, 0.05) is 77.9 Å². The molecule has 0 aliphatic carbocycles. The summed E-state index contributed by atoms with van der Waals surface area (Å²) in [6.45, 7) is 1.01. The number of nitrogens with zero attached hydrogens (tertiary/aromatic N) is 3. The molecule has 1 saturated heterocycles. The summed E-state index contributed by atoms with van der Waals surface area (Å²) in [7, 11) is 1.51. The maximum Gasteiger partial charge on any atom is 0.317 e. The summed E-state index contributed by atoms with van der Waals surface area (Å²) >= 11 is 14.1. The van der Waals surface area contributed by atoms with Crippen molar-refractivity contribution in [1.29, 1.82) is 0 Å². The average Bonchev–Trinajstić information content (AvgIpc) is 3.50. The zero-order chi connectivity index (χ0) is 33.8. The number of aliphatic carboxylic acids is 1. The molecule has 0 unspecified atom stereocenters. The van der Waals surface area contributed by atoms with Gasteiger partial charge in [0.2, 0.25) is 11.8 Å². The molecule has 1 aliphatic rings. The van der Waals surface area contributed by atoms with Crippen LogP contribution in [0.15, 0.2) is 77.9 Å². The Morgan fingerprint density at radius 1 is 0.979 bits per heavy atom. The molecule has 1 atom stereocenters. The molecule has 1 amide bonds. The monoisotopic (exact) mass is 686 g/mol. The summed E-state index contributed by atoms with van der Waals surface area (Å²) in [6.07, 6.45) is 4.58. The first kappa shape index (κ1) is 33.1. The van der Waals surface area contributed by atoms with Gasteiger partial charge in [-0.3, -0.25) is 18.8 Å². The van der Waals surface area contributed by atoms with E-state index >= 15 is 0 Å². The van der Waals surface area contributed by atoms with E-state index < -0.39 is 5.97 Å². The second-order valence-electron chi connectivity index (χ2n) is 11.4. The summed E-state index contributed by atoms with van der Waals surface area (Å²) in [4.78, 5) is 44.7. The number of fused-ring (bicyclic) bond motifs is 1. The molecule has 48 heavy (non-hydrogen) atoms. The van der Waals surface area contributed by atoms with Crippen LogP contribution in [0.25, 0.3) is 39.2 Å². The third-order valence-electron chi connectivity index (χ3n) is 8.17. The first-order valence-electron chi connectivity index (χ1n) is 15.3. The van der Waals surface area contributed by atoms with Gasteiger partial charge >= 0.3 is 5.97 Å². The molecule has 0 saturated carbocycles. The first-order chi connectivity index (χ1) is 23.2. The number of rotatable bonds is 12. The highest BCUT2D eigenvalue weighted by Gasteiger charge is 2.21. The Kier molecular flexibility index (Phi) is 10.0. The van der Waals surface area contributed by atoms with Gasteiger partial charge in [-0.2, -0.15) is 0 Å². The van der Waals surface area contributed by atoms with E-state index in [9.17, 15) is 14.4 Å². The second-order valence-corrected chi connectivity index (χ2v) is 12.1. The van der Waals surface area contributed by atoms with Crippen molar-refractivity contribution >= 4 is 40.7 Å². The fraction of sp³-hybridized carbons (Fsp3) is 0.229. The predicted octanol–water partition coefficient (Wildman–Crippen LogP) is 4.95. The van der Waals surface area contributed by atoms with Gasteiger partial charge in [0.25, 0.3) is 5.56 Å². The number of carbonyl (C=O) groups is 2. The van der Waals surface area contributed by atoms with Crippen LogP contribution in [0.4, 0.5) is 0 Å². The van der Waals surface area contributed by atoms with Crippen LogP contribution in [0.3, 0.4) is 0 Å². The van der Waals surface area contributed by atoms with Gasteiger partial charge in [0.1, 0.15) is 5.65 Å². The minimum atomic E-state index is -0.954. The van der Waals surface area contributed by atoms with Crippen LogP contribution >= 0.6 is 23.2 Å². The normalized spacial score (nSPS) is 14.3. The van der Waals surface area contributed by atoms with E-state index in [1.807, 2.05) is 60.7 Å². The van der Waals surface area contributed by atoms with E-state index in [0.29, 0.717) is 74.6 Å². The number of aromatic nitrogens is 3. The van der Waals surface area contributed by atoms with Gasteiger partial charge in [-0.25, -0.2) is 9.97 Å². The maximum absolute atomic E-state index is 13.2. The molecule has 1 aliphatic heterocycles. The molecule has 0 spiro atoms. The van der Waals surface area contributed by atoms with Crippen molar-refractivity contribution in [1.82, 2.24) is 30.3 Å². The van der Waals surface area contributed by atoms with E-state index in [4.69, 9.17) is 33.0 Å². The molecule has 4 N–H and O–H groups in total. The molecule has 0 bridgehead atoms. The Balaban J connectivity index is 1.26. The third kappa shape index (κ3) is 7.04. The van der Waals surface area contributed by atoms with Crippen molar-refractivity contribution in [3.05, 3.63) is 105 Å². The highest BCUT2D eigenvalue weighted by atomic mass is 35.5. The minimum absolute atomic E-state index is 0.0540. The Bertz CT molecular complexity index is 2090. The molecule has 0 radical (unpaired) electrons. The van der Waals surface area contributed by atoms with Crippen LogP contribution in [0.2, 0.25) is 10.0 Å². The SMILES string of the molecule is COc1nc(-c2cccc(-c3cccc(-c4ccn5c(=O)c(CNC[C@@H]6CCC(=O)N6)cnc5c4)c3Cl)c2Cl)ccc1CNCC(=O)O. The van der Waals surface area contributed by atoms with Crippen molar-refractivity contribution in [3.8, 4) is 39.4 Å². The standard InChI is InChI=1S/C35H32Cl2N6O5/c1-48-34-21(15-39-19-31(45)46)8-10-28(42-34)27-7-3-6-26(33(27)37)25-5-2-4-24(32(25)36)20-12-13-43-29(14-20)40-17-22(35(43)47)16-38-18-23-9-11-30(44)41-23/h2-8,10,12-14,17,23,38-39H,9,11,15-16,18-19H2,1H3,(H,41,44)(H,45,46)/t23-/m0/s1. The Labute approximate surface area is 285 Å². The molecule has 5 aromatic rings. The van der Waals surface area contributed by atoms with E-state index in [0.717, 1.165) is 17.5 Å². The summed E-state index contributed by atoms with van der Waals surface area (Å²) in [6, 6.07) is 18.6. The topological polar surface area (TPSA) is 147 Å². The van der Waals surface area contributed by atoms with Crippen molar-refractivity contribution < 1.29 is 19.4 Å². The Morgan fingerprint density at radius 2 is 1.69 bits per heavy atom. The lowest BCUT2D eigenvalue weighted by Gasteiger charge is -2.15. The van der Waals surface area contributed by atoms with Gasteiger partial charge in [0.15, 0.2) is 0 Å². The molecule has 1 fully saturated rings. The lowest BCUT2D eigenvalue weighted by atomic mass is 9.97. The number of halogens is 2. The van der Waals surface area contributed by atoms with E-state index in [-0.39, 0.29) is 30.6 Å². The number of ether oxygens (including phenoxy) is 1. The minimum Gasteiger partial charge on any atom is -0.481 e. The number of methoxy groups -OCH3 is 1. The molecule has 11 nitrogen and oxygen atoms in total. The molecule has 6 rings (SSSR count). The summed E-state index contributed by atoms with van der Waals surface area (Å²) in [5, 5.41) is 18.8. The predicted molar refractivity (Wildman–Crippen MR) is 184 cm³/mol. The second kappa shape index (κ2) is 14.5. The third-order valence-corrected chi connectivity index (χ3v) is 8.98. The highest BCUT2D eigenvalue weighted by molar-refractivity contribution is 6.39. The van der Waals surface area contributed by atoms with Crippen LogP contribution in [0.1, 0.15) is 24.0 Å². The fourth-order valence-corrected chi connectivity index (χ4v) is 6.41. The number of hydrogen-bond donors (Lipinski definition) is 4. The van der Waals surface area contributed by atoms with Gasteiger partial charge in [-0.1, -0.05) is 65.7 Å². The van der Waals surface area contributed by atoms with Crippen LogP contribution in [0.5, 0.6) is 5.88 Å². The summed E-state index contributed by atoms with van der Waals surface area (Å²) < 4.78 is 6.99. The lowest BCUT2D eigenvalue weighted by Crippen LogP contribution is -2.36. The molecule has 13 heteroatoms. The van der Waals surface area contributed by atoms with E-state index in [1.54, 1.807) is 12.4 Å². The van der Waals surface area contributed by atoms with Crippen molar-refractivity contribution in [2.75, 3.05) is 20.2 Å². The van der Waals surface area contributed by atoms with Gasteiger partial charge in [-0.05, 0) is 30.2 Å². The largest absolute Gasteiger partial charge is 0.481 e. The molecule has 3 aromatic heterocycles. The smallest absolute Gasteiger partial charge is 0.317 e. The van der Waals surface area contributed by atoms with E-state index in [1.165, 1.54) is 11.5 Å². The van der Waals surface area contributed by atoms with Crippen LogP contribution in [0, 0.1) is 0 Å². The molecular formula is C35H32Cl2N6O5. The fourth-order valence-electron chi connectivity index (χ4n) is 5.75. The van der Waals surface area contributed by atoms with Crippen molar-refractivity contribution in [2.45, 2.75) is 32.0 Å². The van der Waals surface area contributed by atoms with Gasteiger partial charge < -0.3 is 25.8 Å². The van der Waals surface area contributed by atoms with Crippen LogP contribution in [-0.2, 0) is 22.7 Å². The highest BCUT2D eigenvalue weighted by Crippen LogP contribution is 2.42. The number of carboxylic acid groups (broad SMARTS) is 1. The van der Waals surface area contributed by atoms with Crippen LogP contribution in [-0.4, -0.2) is 57.6 Å². The zero-order valence-electron chi connectivity index (χ0n) is 25.9. The number of pyridine rings is 2. The number of hydrogen-bond acceptors (Lipinski definition) is 8. The molecule has 2 aromatic carbocycles. The van der Waals surface area contributed by atoms with Crippen LogP contribution < -0.4 is 26.2 Å². The number of carbonyl (C=O) groups excluding carboxylic acids is 1. The Morgan fingerprint density at radius 3 is 2.40 bits per heavy atom. The van der Waals surface area contributed by atoms with Gasteiger partial charge in [0.05, 0.1) is 29.4 Å². The number of carboxylic acids is 1. The average molecular weight is 688 g/mol. The Hall–Kier alpha value is -4.81. The first-order valence-corrected chi connectivity index (χ1v) is 16.0. The quantitative estimate of drug-likeness (QED) is 0.143. The molecule has 4 heterocycles. The summed E-state index contributed by atoms with van der Waals surface area (Å²) in [5.74, 6) is -0.541. The molecular weight excluding hydrogens is 655 g/mol. The number of benzene rings is 2. The zero-order valence-corrected chi connectivity index (χ0v) is 27.4. The lowest BCUT2D eigenvalue weighted by molar-refractivity contribution is -0.136. The molecule has 246 valence electrons. The van der Waals surface area contributed by atoms with Crippen molar-refractivity contribution in [3.63, 3.8) is 0 Å². The number of nitrogens with one attached hydrogen (secondary N) is 3. The van der Waals surface area contributed by atoms with E-state index in [2.05, 4.69) is 25.9 Å².